The van der Waals surface area contributed by atoms with E-state index in [4.69, 9.17) is 15.2 Å². The number of hydrogen-bond acceptors (Lipinski definition) is 5. The van der Waals surface area contributed by atoms with Crippen LogP contribution in [-0.4, -0.2) is 44.5 Å². The van der Waals surface area contributed by atoms with Crippen molar-refractivity contribution >= 4 is 5.97 Å². The summed E-state index contributed by atoms with van der Waals surface area (Å²) in [5, 5.41) is 0. The molecule has 1 atom stereocenters. The fourth-order valence-corrected chi connectivity index (χ4v) is 1.48. The van der Waals surface area contributed by atoms with Gasteiger partial charge in [-0.1, -0.05) is 0 Å². The van der Waals surface area contributed by atoms with Crippen LogP contribution in [-0.2, 0) is 19.0 Å². The molecule has 0 saturated heterocycles. The van der Waals surface area contributed by atoms with E-state index >= 15 is 0 Å². The summed E-state index contributed by atoms with van der Waals surface area (Å²) in [6.45, 7) is 7.57. The van der Waals surface area contributed by atoms with Crippen molar-refractivity contribution in [3.63, 3.8) is 0 Å². The summed E-state index contributed by atoms with van der Waals surface area (Å²) >= 11 is 0. The highest BCUT2D eigenvalue weighted by Crippen LogP contribution is 2.12. The first-order valence-electron chi connectivity index (χ1n) is 6.47. The predicted molar refractivity (Wildman–Crippen MR) is 70.4 cm³/mol. The van der Waals surface area contributed by atoms with Crippen molar-refractivity contribution in [3.8, 4) is 0 Å². The molecule has 0 radical (unpaired) electrons. The molecule has 0 aromatic heterocycles. The molecule has 0 amide bonds. The summed E-state index contributed by atoms with van der Waals surface area (Å²) in [6, 6.07) is 0. The Morgan fingerprint density at radius 2 is 1.89 bits per heavy atom. The summed E-state index contributed by atoms with van der Waals surface area (Å²) in [6.07, 6.45) is 2.57. The van der Waals surface area contributed by atoms with Crippen LogP contribution in [0.25, 0.3) is 0 Å². The SMILES string of the molecule is COC(=O)C(C)(N)CCCCOCCOC(C)C. The molecule has 0 bridgehead atoms. The number of carbonyl (C=O) groups is 1. The Labute approximate surface area is 110 Å². The number of carbonyl (C=O) groups excluding carboxylic acids is 1. The third-order valence-corrected chi connectivity index (χ3v) is 2.57. The van der Waals surface area contributed by atoms with Gasteiger partial charge in [0.05, 0.1) is 26.4 Å². The van der Waals surface area contributed by atoms with E-state index in [9.17, 15) is 4.79 Å². The summed E-state index contributed by atoms with van der Waals surface area (Å²) in [4.78, 5) is 11.3. The molecule has 0 spiro atoms. The van der Waals surface area contributed by atoms with Gasteiger partial charge in [-0.15, -0.1) is 0 Å². The van der Waals surface area contributed by atoms with E-state index in [1.165, 1.54) is 7.11 Å². The van der Waals surface area contributed by atoms with Gasteiger partial charge in [0.15, 0.2) is 0 Å². The highest BCUT2D eigenvalue weighted by Gasteiger charge is 2.28. The van der Waals surface area contributed by atoms with E-state index in [0.29, 0.717) is 26.2 Å². The number of unbranched alkanes of at least 4 members (excludes halogenated alkanes) is 1. The average molecular weight is 261 g/mol. The van der Waals surface area contributed by atoms with Gasteiger partial charge in [0.25, 0.3) is 0 Å². The molecule has 0 heterocycles. The van der Waals surface area contributed by atoms with Gasteiger partial charge >= 0.3 is 5.97 Å². The molecular weight excluding hydrogens is 234 g/mol. The summed E-state index contributed by atoms with van der Waals surface area (Å²) < 4.78 is 15.4. The summed E-state index contributed by atoms with van der Waals surface area (Å²) in [7, 11) is 1.35. The second-order valence-electron chi connectivity index (χ2n) is 4.90. The Balaban J connectivity index is 3.43. The highest BCUT2D eigenvalue weighted by molar-refractivity contribution is 5.79. The third kappa shape index (κ3) is 8.44. The molecule has 0 rings (SSSR count). The van der Waals surface area contributed by atoms with E-state index in [1.807, 2.05) is 13.8 Å². The third-order valence-electron chi connectivity index (χ3n) is 2.57. The van der Waals surface area contributed by atoms with Crippen molar-refractivity contribution in [1.29, 1.82) is 0 Å². The number of ether oxygens (including phenoxy) is 3. The predicted octanol–water partition coefficient (Wildman–Crippen LogP) is 1.49. The first-order chi connectivity index (χ1) is 8.40. The van der Waals surface area contributed by atoms with Gasteiger partial charge in [0.2, 0.25) is 0 Å². The zero-order valence-corrected chi connectivity index (χ0v) is 12.0. The largest absolute Gasteiger partial charge is 0.468 e. The maximum Gasteiger partial charge on any atom is 0.325 e. The quantitative estimate of drug-likeness (QED) is 0.476. The molecule has 2 N–H and O–H groups in total. The van der Waals surface area contributed by atoms with Crippen molar-refractivity contribution in [2.45, 2.75) is 51.7 Å². The minimum atomic E-state index is -0.893. The zero-order valence-electron chi connectivity index (χ0n) is 12.0. The maximum atomic E-state index is 11.3. The van der Waals surface area contributed by atoms with E-state index < -0.39 is 5.54 Å². The molecule has 1 unspecified atom stereocenters. The van der Waals surface area contributed by atoms with Crippen LogP contribution in [0.2, 0.25) is 0 Å². The van der Waals surface area contributed by atoms with Crippen LogP contribution in [0.5, 0.6) is 0 Å². The van der Waals surface area contributed by atoms with Crippen LogP contribution in [0.15, 0.2) is 0 Å². The number of esters is 1. The van der Waals surface area contributed by atoms with Crippen molar-refractivity contribution in [2.75, 3.05) is 26.9 Å². The van der Waals surface area contributed by atoms with Gasteiger partial charge in [-0.25, -0.2) is 0 Å². The zero-order chi connectivity index (χ0) is 14.0. The molecule has 18 heavy (non-hydrogen) atoms. The monoisotopic (exact) mass is 261 g/mol. The van der Waals surface area contributed by atoms with Crippen LogP contribution in [0.4, 0.5) is 0 Å². The lowest BCUT2D eigenvalue weighted by Crippen LogP contribution is -2.45. The second kappa shape index (κ2) is 9.30. The number of rotatable bonds is 10. The molecule has 108 valence electrons. The number of hydrogen-bond donors (Lipinski definition) is 1. The van der Waals surface area contributed by atoms with Crippen LogP contribution in [0.3, 0.4) is 0 Å². The lowest BCUT2D eigenvalue weighted by molar-refractivity contribution is -0.146. The summed E-state index contributed by atoms with van der Waals surface area (Å²) in [5.41, 5.74) is 4.94. The van der Waals surface area contributed by atoms with Gasteiger partial charge in [-0.2, -0.15) is 0 Å². The Kier molecular flexibility index (Phi) is 8.97. The van der Waals surface area contributed by atoms with Crippen molar-refractivity contribution < 1.29 is 19.0 Å². The molecule has 0 aliphatic carbocycles. The molecule has 0 aliphatic heterocycles. The second-order valence-corrected chi connectivity index (χ2v) is 4.90. The minimum absolute atomic E-state index is 0.242. The lowest BCUT2D eigenvalue weighted by Gasteiger charge is -2.21. The maximum absolute atomic E-state index is 11.3. The van der Waals surface area contributed by atoms with E-state index in [-0.39, 0.29) is 12.1 Å². The Hall–Kier alpha value is -0.650. The van der Waals surface area contributed by atoms with Crippen molar-refractivity contribution in [1.82, 2.24) is 0 Å². The van der Waals surface area contributed by atoms with Crippen LogP contribution < -0.4 is 5.73 Å². The van der Waals surface area contributed by atoms with Crippen molar-refractivity contribution in [3.05, 3.63) is 0 Å². The summed E-state index contributed by atoms with van der Waals surface area (Å²) in [5.74, 6) is -0.367. The fourth-order valence-electron chi connectivity index (χ4n) is 1.48. The van der Waals surface area contributed by atoms with E-state index in [2.05, 4.69) is 4.74 Å². The Bertz CT molecular complexity index is 229. The normalized spacial score (nSPS) is 14.6. The Morgan fingerprint density at radius 3 is 2.44 bits per heavy atom. The minimum Gasteiger partial charge on any atom is -0.468 e. The number of nitrogens with two attached hydrogens (primary N) is 1. The van der Waals surface area contributed by atoms with Crippen LogP contribution >= 0.6 is 0 Å². The molecule has 0 fully saturated rings. The number of methoxy groups -OCH3 is 1. The first-order valence-corrected chi connectivity index (χ1v) is 6.47. The Morgan fingerprint density at radius 1 is 1.22 bits per heavy atom. The van der Waals surface area contributed by atoms with Gasteiger partial charge < -0.3 is 19.9 Å². The molecular formula is C13H27NO4. The molecule has 0 aromatic rings. The van der Waals surface area contributed by atoms with Gasteiger partial charge in [0.1, 0.15) is 5.54 Å². The van der Waals surface area contributed by atoms with Gasteiger partial charge in [0, 0.05) is 6.61 Å². The first kappa shape index (κ1) is 17.4. The smallest absolute Gasteiger partial charge is 0.325 e. The topological polar surface area (TPSA) is 70.8 Å². The van der Waals surface area contributed by atoms with Gasteiger partial charge in [-0.05, 0) is 40.0 Å². The molecule has 0 aliphatic rings. The van der Waals surface area contributed by atoms with Crippen LogP contribution in [0.1, 0.15) is 40.0 Å². The molecule has 0 saturated carbocycles. The molecule has 5 nitrogen and oxygen atoms in total. The highest BCUT2D eigenvalue weighted by atomic mass is 16.5. The standard InChI is InChI=1S/C13H27NO4/c1-11(2)18-10-9-17-8-6-5-7-13(3,14)12(15)16-4/h11H,5-10,14H2,1-4H3. The van der Waals surface area contributed by atoms with E-state index in [0.717, 1.165) is 12.8 Å². The van der Waals surface area contributed by atoms with Crippen molar-refractivity contribution in [2.24, 2.45) is 5.73 Å². The lowest BCUT2D eigenvalue weighted by atomic mass is 9.96. The molecule has 0 aromatic carbocycles. The van der Waals surface area contributed by atoms with E-state index in [1.54, 1.807) is 6.92 Å². The van der Waals surface area contributed by atoms with Crippen LogP contribution in [0, 0.1) is 0 Å². The molecule has 5 heteroatoms. The van der Waals surface area contributed by atoms with Gasteiger partial charge in [-0.3, -0.25) is 4.79 Å². The average Bonchev–Trinajstić information content (AvgIpc) is 2.30. The fraction of sp³-hybridized carbons (Fsp3) is 0.923.